The molecule has 0 saturated heterocycles. The van der Waals surface area contributed by atoms with Crippen LogP contribution in [0.15, 0.2) is 85.5 Å². The number of hydrogen-bond acceptors (Lipinski definition) is 4. The normalized spacial score (nSPS) is 11.4. The highest BCUT2D eigenvalue weighted by molar-refractivity contribution is 6.05. The molecule has 0 saturated carbocycles. The van der Waals surface area contributed by atoms with Gasteiger partial charge in [-0.05, 0) is 66.3 Å². The van der Waals surface area contributed by atoms with E-state index in [9.17, 15) is 4.79 Å². The van der Waals surface area contributed by atoms with Crippen LogP contribution in [0, 0.1) is 6.92 Å². The topological polar surface area (TPSA) is 74.0 Å². The minimum Gasteiger partial charge on any atom is -0.495 e. The van der Waals surface area contributed by atoms with Crippen molar-refractivity contribution in [1.29, 1.82) is 0 Å². The molecule has 0 unspecified atom stereocenters. The first kappa shape index (κ1) is 26.9. The molecule has 0 radical (unpaired) electrons. The summed E-state index contributed by atoms with van der Waals surface area (Å²) < 4.78 is 9.45. The Morgan fingerprint density at radius 3 is 2.50 bits per heavy atom. The minimum atomic E-state index is -0.205. The average molecular weight is 534 g/mol. The van der Waals surface area contributed by atoms with Crippen LogP contribution in [0.1, 0.15) is 54.9 Å². The summed E-state index contributed by atoms with van der Waals surface area (Å²) in [5.41, 5.74) is 8.09. The van der Waals surface area contributed by atoms with Crippen molar-refractivity contribution in [3.63, 3.8) is 0 Å². The van der Waals surface area contributed by atoms with Gasteiger partial charge in [0.2, 0.25) is 0 Å². The molecule has 5 aromatic rings. The molecule has 1 N–H and O–H groups in total. The first-order chi connectivity index (χ1) is 19.2. The van der Waals surface area contributed by atoms with Gasteiger partial charge in [-0.25, -0.2) is 9.67 Å². The van der Waals surface area contributed by atoms with Gasteiger partial charge in [0.1, 0.15) is 5.75 Å². The molecule has 2 heterocycles. The smallest absolute Gasteiger partial charge is 0.255 e. The number of hydrogen-bond donors (Lipinski definition) is 1. The number of methoxy groups -OCH3 is 1. The third-order valence-electron chi connectivity index (χ3n) is 7.13. The summed E-state index contributed by atoms with van der Waals surface area (Å²) in [7, 11) is 1.61. The number of carbonyl (C=O) groups excluding carboxylic acids is 1. The zero-order chi connectivity index (χ0) is 28.4. The van der Waals surface area contributed by atoms with E-state index in [4.69, 9.17) is 9.72 Å². The van der Waals surface area contributed by atoms with E-state index < -0.39 is 0 Å². The Labute approximate surface area is 235 Å². The Hall–Kier alpha value is -4.65. The summed E-state index contributed by atoms with van der Waals surface area (Å²) in [6.45, 7) is 10.6. The van der Waals surface area contributed by atoms with Crippen molar-refractivity contribution in [3.05, 3.63) is 108 Å². The van der Waals surface area contributed by atoms with Gasteiger partial charge >= 0.3 is 0 Å². The molecular weight excluding hydrogens is 498 g/mol. The molecule has 204 valence electrons. The molecule has 0 aliphatic carbocycles. The van der Waals surface area contributed by atoms with Gasteiger partial charge in [0.25, 0.3) is 5.91 Å². The van der Waals surface area contributed by atoms with Gasteiger partial charge in [-0.1, -0.05) is 58.0 Å². The fourth-order valence-electron chi connectivity index (χ4n) is 4.81. The molecule has 0 fully saturated rings. The van der Waals surface area contributed by atoms with E-state index in [0.717, 1.165) is 45.9 Å². The Balaban J connectivity index is 1.44. The molecule has 5 rings (SSSR count). The quantitative estimate of drug-likeness (QED) is 0.241. The molecule has 7 nitrogen and oxygen atoms in total. The van der Waals surface area contributed by atoms with Crippen LogP contribution in [-0.4, -0.2) is 32.3 Å². The molecule has 0 atom stereocenters. The van der Waals surface area contributed by atoms with Crippen molar-refractivity contribution in [2.24, 2.45) is 0 Å². The van der Waals surface area contributed by atoms with Crippen molar-refractivity contribution < 1.29 is 9.53 Å². The summed E-state index contributed by atoms with van der Waals surface area (Å²) in [6, 6.07) is 21.7. The number of imidazole rings is 1. The summed E-state index contributed by atoms with van der Waals surface area (Å²) in [4.78, 5) is 18.1. The lowest BCUT2D eigenvalue weighted by Crippen LogP contribution is -2.16. The highest BCUT2D eigenvalue weighted by Crippen LogP contribution is 2.32. The molecule has 7 heteroatoms. The fourth-order valence-corrected chi connectivity index (χ4v) is 4.81. The number of aryl methyl sites for hydroxylation is 1. The van der Waals surface area contributed by atoms with E-state index in [2.05, 4.69) is 38.1 Å². The van der Waals surface area contributed by atoms with Gasteiger partial charge in [-0.2, -0.15) is 5.10 Å². The van der Waals surface area contributed by atoms with Crippen LogP contribution in [0.3, 0.4) is 0 Å². The first-order valence-corrected chi connectivity index (χ1v) is 13.5. The summed E-state index contributed by atoms with van der Waals surface area (Å²) in [5.74, 6) is 0.416. The van der Waals surface area contributed by atoms with Crippen molar-refractivity contribution in [1.82, 2.24) is 19.3 Å². The van der Waals surface area contributed by atoms with Crippen LogP contribution < -0.4 is 10.1 Å². The number of benzene rings is 3. The van der Waals surface area contributed by atoms with Crippen LogP contribution >= 0.6 is 0 Å². The molecule has 0 aliphatic rings. The molecule has 1 amide bonds. The minimum absolute atomic E-state index is 0.0584. The van der Waals surface area contributed by atoms with Crippen molar-refractivity contribution in [3.8, 4) is 28.4 Å². The Morgan fingerprint density at radius 1 is 1.02 bits per heavy atom. The van der Waals surface area contributed by atoms with Gasteiger partial charge in [0, 0.05) is 17.3 Å². The van der Waals surface area contributed by atoms with Crippen molar-refractivity contribution >= 4 is 11.6 Å². The van der Waals surface area contributed by atoms with E-state index in [1.54, 1.807) is 13.4 Å². The van der Waals surface area contributed by atoms with E-state index in [-0.39, 0.29) is 11.3 Å². The Bertz CT molecular complexity index is 1660. The molecule has 3 aromatic carbocycles. The molecule has 0 bridgehead atoms. The second-order valence-corrected chi connectivity index (χ2v) is 10.9. The second kappa shape index (κ2) is 10.8. The first-order valence-electron chi connectivity index (χ1n) is 13.5. The van der Waals surface area contributed by atoms with E-state index in [1.165, 1.54) is 0 Å². The molecule has 0 aliphatic heterocycles. The predicted octanol–water partition coefficient (Wildman–Crippen LogP) is 7.15. The van der Waals surface area contributed by atoms with Crippen LogP contribution in [-0.2, 0) is 11.8 Å². The molecule has 2 aromatic heterocycles. The zero-order valence-corrected chi connectivity index (χ0v) is 23.9. The maximum absolute atomic E-state index is 13.4. The molecular formula is C33H35N5O2. The third-order valence-corrected chi connectivity index (χ3v) is 7.13. The lowest BCUT2D eigenvalue weighted by Gasteiger charge is -2.21. The van der Waals surface area contributed by atoms with Gasteiger partial charge in [0.15, 0.2) is 0 Å². The Morgan fingerprint density at radius 2 is 1.80 bits per heavy atom. The third kappa shape index (κ3) is 5.27. The SMILES string of the molecule is CCc1c(-c2cn(-c3cc(C(=O)Nc4cc(C(C)(C)C)ccc4OC)ccc3C)cn2)cnn1-c1ccccc1. The number of ether oxygens (including phenoxy) is 1. The predicted molar refractivity (Wildman–Crippen MR) is 160 cm³/mol. The average Bonchev–Trinajstić information content (AvgIpc) is 3.60. The van der Waals surface area contributed by atoms with Crippen LogP contribution in [0.4, 0.5) is 5.69 Å². The maximum atomic E-state index is 13.4. The fraction of sp³-hybridized carbons (Fsp3) is 0.242. The van der Waals surface area contributed by atoms with Gasteiger partial charge in [0.05, 0.1) is 48.1 Å². The van der Waals surface area contributed by atoms with Crippen LogP contribution in [0.25, 0.3) is 22.6 Å². The van der Waals surface area contributed by atoms with E-state index in [0.29, 0.717) is 17.0 Å². The zero-order valence-electron chi connectivity index (χ0n) is 23.9. The lowest BCUT2D eigenvalue weighted by molar-refractivity contribution is 0.102. The number of carbonyl (C=O) groups is 1. The number of para-hydroxylation sites is 1. The van der Waals surface area contributed by atoms with Crippen LogP contribution in [0.2, 0.25) is 0 Å². The molecule has 0 spiro atoms. The number of aromatic nitrogens is 4. The van der Waals surface area contributed by atoms with E-state index >= 15 is 0 Å². The highest BCUT2D eigenvalue weighted by atomic mass is 16.5. The summed E-state index contributed by atoms with van der Waals surface area (Å²) in [6.07, 6.45) is 6.46. The second-order valence-electron chi connectivity index (χ2n) is 10.9. The van der Waals surface area contributed by atoms with Crippen molar-refractivity contribution in [2.75, 3.05) is 12.4 Å². The van der Waals surface area contributed by atoms with Gasteiger partial charge in [-0.15, -0.1) is 0 Å². The monoisotopic (exact) mass is 533 g/mol. The van der Waals surface area contributed by atoms with Crippen LogP contribution in [0.5, 0.6) is 5.75 Å². The highest BCUT2D eigenvalue weighted by Gasteiger charge is 2.19. The largest absolute Gasteiger partial charge is 0.495 e. The molecule has 40 heavy (non-hydrogen) atoms. The maximum Gasteiger partial charge on any atom is 0.255 e. The standard InChI is InChI=1S/C33H35N5O2/c1-7-29-26(19-35-38(29)25-11-9-8-10-12-25)28-20-37(21-34-28)30-17-23(14-13-22(30)2)32(39)36-27-18-24(33(3,4)5)15-16-31(27)40-6/h8-21H,7H2,1-6H3,(H,36,39). The summed E-state index contributed by atoms with van der Waals surface area (Å²) >= 11 is 0. The van der Waals surface area contributed by atoms with Gasteiger partial charge in [-0.3, -0.25) is 4.79 Å². The number of anilines is 1. The lowest BCUT2D eigenvalue weighted by atomic mass is 9.87. The number of amides is 1. The van der Waals surface area contributed by atoms with E-state index in [1.807, 2.05) is 95.3 Å². The van der Waals surface area contributed by atoms with Crippen molar-refractivity contribution in [2.45, 2.75) is 46.5 Å². The number of nitrogens with zero attached hydrogens (tertiary/aromatic N) is 4. The number of rotatable bonds is 7. The number of nitrogens with one attached hydrogen (secondary N) is 1. The summed E-state index contributed by atoms with van der Waals surface area (Å²) in [5, 5.41) is 7.70. The van der Waals surface area contributed by atoms with Gasteiger partial charge < -0.3 is 14.6 Å². The Kier molecular flexibility index (Phi) is 7.30.